The van der Waals surface area contributed by atoms with Crippen molar-refractivity contribution >= 4 is 5.91 Å². The molecule has 22 heavy (non-hydrogen) atoms. The Kier molecular flexibility index (Phi) is 5.24. The second-order valence-corrected chi connectivity index (χ2v) is 6.52. The second-order valence-electron chi connectivity index (χ2n) is 6.52. The van der Waals surface area contributed by atoms with Gasteiger partial charge in [0.15, 0.2) is 0 Å². The molecule has 0 bridgehead atoms. The maximum absolute atomic E-state index is 12.3. The average molecular weight is 307 g/mol. The van der Waals surface area contributed by atoms with E-state index in [2.05, 4.69) is 23.8 Å². The minimum absolute atomic E-state index is 0.0915. The van der Waals surface area contributed by atoms with Gasteiger partial charge in [-0.2, -0.15) is 5.10 Å². The molecule has 0 aliphatic carbocycles. The molecule has 2 N–H and O–H groups in total. The lowest BCUT2D eigenvalue weighted by atomic mass is 10.0. The number of carbonyl (C=O) groups excluding carboxylic acids is 1. The molecule has 1 aromatic heterocycles. The summed E-state index contributed by atoms with van der Waals surface area (Å²) in [6.07, 6.45) is 0. The Labute approximate surface area is 133 Å². The van der Waals surface area contributed by atoms with E-state index in [4.69, 9.17) is 5.73 Å². The first-order valence-corrected chi connectivity index (χ1v) is 8.07. The molecule has 1 aliphatic heterocycles. The zero-order valence-electron chi connectivity index (χ0n) is 14.5. The molecule has 1 aliphatic rings. The van der Waals surface area contributed by atoms with E-state index in [1.807, 2.05) is 30.5 Å². The Hall–Kier alpha value is -1.40. The summed E-state index contributed by atoms with van der Waals surface area (Å²) in [6.45, 7) is 12.3. The van der Waals surface area contributed by atoms with Gasteiger partial charge in [0.25, 0.3) is 0 Å². The van der Waals surface area contributed by atoms with Gasteiger partial charge >= 0.3 is 0 Å². The van der Waals surface area contributed by atoms with Crippen molar-refractivity contribution in [2.24, 2.45) is 18.7 Å². The molecule has 1 amide bonds. The number of carbonyl (C=O) groups is 1. The molecule has 2 atom stereocenters. The summed E-state index contributed by atoms with van der Waals surface area (Å²) >= 11 is 0. The summed E-state index contributed by atoms with van der Waals surface area (Å²) in [4.78, 5) is 16.7. The maximum atomic E-state index is 12.3. The zero-order valence-corrected chi connectivity index (χ0v) is 14.5. The Morgan fingerprint density at radius 1 is 1.23 bits per heavy atom. The third-order valence-corrected chi connectivity index (χ3v) is 4.90. The van der Waals surface area contributed by atoms with Gasteiger partial charge in [-0.1, -0.05) is 6.92 Å². The summed E-state index contributed by atoms with van der Waals surface area (Å²) < 4.78 is 1.94. The van der Waals surface area contributed by atoms with Crippen molar-refractivity contribution in [2.45, 2.75) is 40.3 Å². The average Bonchev–Trinajstić information content (AvgIpc) is 2.73. The van der Waals surface area contributed by atoms with Crippen LogP contribution >= 0.6 is 0 Å². The Balaban J connectivity index is 1.91. The number of aryl methyl sites for hydroxylation is 2. The van der Waals surface area contributed by atoms with Gasteiger partial charge in [-0.05, 0) is 20.8 Å². The van der Waals surface area contributed by atoms with Crippen molar-refractivity contribution in [1.82, 2.24) is 19.6 Å². The molecule has 0 aromatic carbocycles. The van der Waals surface area contributed by atoms with E-state index in [1.165, 1.54) is 11.3 Å². The molecule has 1 saturated heterocycles. The first-order valence-electron chi connectivity index (χ1n) is 8.07. The SMILES string of the molecule is Cc1nn(C)c(C)c1CN1CCN(C(=O)C(C)C(C)N)CC1. The Bertz CT molecular complexity index is 529. The Morgan fingerprint density at radius 3 is 2.27 bits per heavy atom. The van der Waals surface area contributed by atoms with Crippen LogP contribution in [-0.2, 0) is 18.4 Å². The predicted molar refractivity (Wildman–Crippen MR) is 87.4 cm³/mol. The highest BCUT2D eigenvalue weighted by molar-refractivity contribution is 5.79. The van der Waals surface area contributed by atoms with Gasteiger partial charge in [0.05, 0.1) is 11.6 Å². The molecule has 0 radical (unpaired) electrons. The predicted octanol–water partition coefficient (Wildman–Crippen LogP) is 0.664. The standard InChI is InChI=1S/C16H29N5O/c1-11(12(2)17)16(22)21-8-6-20(7-9-21)10-15-13(3)18-19(5)14(15)4/h11-12H,6-10,17H2,1-5H3. The first kappa shape index (κ1) is 17.0. The van der Waals surface area contributed by atoms with Gasteiger partial charge < -0.3 is 10.6 Å². The Morgan fingerprint density at radius 2 is 1.82 bits per heavy atom. The van der Waals surface area contributed by atoms with Crippen molar-refractivity contribution < 1.29 is 4.79 Å². The second kappa shape index (κ2) is 6.79. The third kappa shape index (κ3) is 3.50. The van der Waals surface area contributed by atoms with Gasteiger partial charge in [0.2, 0.25) is 5.91 Å². The minimum atomic E-state index is -0.102. The van der Waals surface area contributed by atoms with E-state index in [0.717, 1.165) is 38.4 Å². The summed E-state index contributed by atoms with van der Waals surface area (Å²) in [7, 11) is 1.98. The smallest absolute Gasteiger partial charge is 0.227 e. The van der Waals surface area contributed by atoms with Crippen molar-refractivity contribution in [3.63, 3.8) is 0 Å². The molecular weight excluding hydrogens is 278 g/mol. The van der Waals surface area contributed by atoms with E-state index >= 15 is 0 Å². The van der Waals surface area contributed by atoms with E-state index in [-0.39, 0.29) is 17.9 Å². The quantitative estimate of drug-likeness (QED) is 0.887. The van der Waals surface area contributed by atoms with Crippen LogP contribution in [0.1, 0.15) is 30.8 Å². The fourth-order valence-corrected chi connectivity index (χ4v) is 2.91. The lowest BCUT2D eigenvalue weighted by molar-refractivity contribution is -0.137. The lowest BCUT2D eigenvalue weighted by Gasteiger charge is -2.36. The largest absolute Gasteiger partial charge is 0.340 e. The summed E-state index contributed by atoms with van der Waals surface area (Å²) in [6, 6.07) is -0.0915. The molecule has 124 valence electrons. The normalized spacial score (nSPS) is 19.3. The van der Waals surface area contributed by atoms with Crippen LogP contribution < -0.4 is 5.73 Å². The molecule has 0 saturated carbocycles. The number of amides is 1. The van der Waals surface area contributed by atoms with Gasteiger partial charge in [-0.15, -0.1) is 0 Å². The van der Waals surface area contributed by atoms with E-state index in [9.17, 15) is 4.79 Å². The van der Waals surface area contributed by atoms with Gasteiger partial charge in [0.1, 0.15) is 0 Å². The monoisotopic (exact) mass is 307 g/mol. The van der Waals surface area contributed by atoms with Crippen LogP contribution in [0, 0.1) is 19.8 Å². The fraction of sp³-hybridized carbons (Fsp3) is 0.750. The maximum Gasteiger partial charge on any atom is 0.227 e. The molecule has 0 spiro atoms. The molecular formula is C16H29N5O. The summed E-state index contributed by atoms with van der Waals surface area (Å²) in [5.74, 6) is 0.0813. The van der Waals surface area contributed by atoms with Crippen LogP contribution in [-0.4, -0.2) is 57.7 Å². The van der Waals surface area contributed by atoms with Crippen LogP contribution in [0.15, 0.2) is 0 Å². The highest BCUT2D eigenvalue weighted by Crippen LogP contribution is 2.17. The van der Waals surface area contributed by atoms with E-state index < -0.39 is 0 Å². The highest BCUT2D eigenvalue weighted by Gasteiger charge is 2.27. The molecule has 1 aromatic rings. The van der Waals surface area contributed by atoms with Crippen LogP contribution in [0.25, 0.3) is 0 Å². The number of piperazine rings is 1. The third-order valence-electron chi connectivity index (χ3n) is 4.90. The number of rotatable bonds is 4. The number of aromatic nitrogens is 2. The van der Waals surface area contributed by atoms with Crippen LogP contribution in [0.5, 0.6) is 0 Å². The minimum Gasteiger partial charge on any atom is -0.340 e. The van der Waals surface area contributed by atoms with E-state index in [1.54, 1.807) is 0 Å². The topological polar surface area (TPSA) is 67.4 Å². The van der Waals surface area contributed by atoms with E-state index in [0.29, 0.717) is 0 Å². The number of nitrogens with zero attached hydrogens (tertiary/aromatic N) is 4. The van der Waals surface area contributed by atoms with Gasteiger partial charge in [-0.3, -0.25) is 14.4 Å². The van der Waals surface area contributed by atoms with Crippen molar-refractivity contribution in [3.05, 3.63) is 17.0 Å². The first-order chi connectivity index (χ1) is 10.3. The number of hydrogen-bond donors (Lipinski definition) is 1. The molecule has 2 heterocycles. The van der Waals surface area contributed by atoms with Crippen LogP contribution in [0.3, 0.4) is 0 Å². The summed E-state index contributed by atoms with van der Waals surface area (Å²) in [5, 5.41) is 4.47. The van der Waals surface area contributed by atoms with Gasteiger partial charge in [0, 0.05) is 57.1 Å². The van der Waals surface area contributed by atoms with Crippen molar-refractivity contribution in [1.29, 1.82) is 0 Å². The van der Waals surface area contributed by atoms with Crippen molar-refractivity contribution in [3.8, 4) is 0 Å². The fourth-order valence-electron chi connectivity index (χ4n) is 2.91. The van der Waals surface area contributed by atoms with Gasteiger partial charge in [-0.25, -0.2) is 0 Å². The number of hydrogen-bond acceptors (Lipinski definition) is 4. The molecule has 2 rings (SSSR count). The molecule has 6 heteroatoms. The van der Waals surface area contributed by atoms with Crippen LogP contribution in [0.4, 0.5) is 0 Å². The lowest BCUT2D eigenvalue weighted by Crippen LogP contribution is -2.51. The molecule has 1 fully saturated rings. The van der Waals surface area contributed by atoms with Crippen LogP contribution in [0.2, 0.25) is 0 Å². The number of nitrogens with two attached hydrogens (primary N) is 1. The molecule has 6 nitrogen and oxygen atoms in total. The van der Waals surface area contributed by atoms with Crippen molar-refractivity contribution in [2.75, 3.05) is 26.2 Å². The zero-order chi connectivity index (χ0) is 16.4. The molecule has 2 unspecified atom stereocenters. The summed E-state index contributed by atoms with van der Waals surface area (Å²) in [5.41, 5.74) is 9.48. The highest BCUT2D eigenvalue weighted by atomic mass is 16.2.